The monoisotopic (exact) mass is 276 g/mol. The van der Waals surface area contributed by atoms with Crippen molar-refractivity contribution >= 4 is 17.5 Å². The second-order valence-electron chi connectivity index (χ2n) is 4.43. The van der Waals surface area contributed by atoms with Crippen LogP contribution in [0.5, 0.6) is 0 Å². The lowest BCUT2D eigenvalue weighted by Crippen LogP contribution is -2.03. The van der Waals surface area contributed by atoms with Crippen molar-refractivity contribution in [1.82, 2.24) is 10.1 Å². The summed E-state index contributed by atoms with van der Waals surface area (Å²) in [5.41, 5.74) is 0.666. The van der Waals surface area contributed by atoms with Crippen LogP contribution in [0, 0.1) is 0 Å². The average Bonchev–Trinajstić information content (AvgIpc) is 2.85. The maximum absolute atomic E-state index is 12.0. The lowest BCUT2D eigenvalue weighted by Gasteiger charge is -1.99. The summed E-state index contributed by atoms with van der Waals surface area (Å²) in [7, 11) is 0. The lowest BCUT2D eigenvalue weighted by molar-refractivity contribution is 0.0983. The Bertz CT molecular complexity index is 537. The van der Waals surface area contributed by atoms with E-state index in [0.29, 0.717) is 28.3 Å². The van der Waals surface area contributed by atoms with Crippen LogP contribution in [-0.4, -0.2) is 21.2 Å². The Hall–Kier alpha value is -1.62. The van der Waals surface area contributed by atoms with Crippen LogP contribution in [0.25, 0.3) is 0 Å². The minimum atomic E-state index is -0.00712. The predicted octanol–water partition coefficient (Wildman–Crippen LogP) is 3.14. The first-order chi connectivity index (χ1) is 9.15. The number of carbonyl (C=O) groups is 1. The molecule has 0 aliphatic carbocycles. The van der Waals surface area contributed by atoms with Gasteiger partial charge in [-0.05, 0) is 5.25 Å². The third kappa shape index (κ3) is 4.21. The highest BCUT2D eigenvalue weighted by molar-refractivity contribution is 7.99. The predicted molar refractivity (Wildman–Crippen MR) is 75.2 cm³/mol. The van der Waals surface area contributed by atoms with Crippen molar-refractivity contribution in [2.75, 3.05) is 0 Å². The van der Waals surface area contributed by atoms with Crippen molar-refractivity contribution in [1.29, 1.82) is 0 Å². The van der Waals surface area contributed by atoms with Crippen LogP contribution in [0.15, 0.2) is 34.9 Å². The van der Waals surface area contributed by atoms with Gasteiger partial charge in [0.05, 0.1) is 12.2 Å². The number of nitrogens with zero attached hydrogens (tertiary/aromatic N) is 2. The lowest BCUT2D eigenvalue weighted by atomic mass is 10.1. The molecule has 0 fully saturated rings. The van der Waals surface area contributed by atoms with Crippen LogP contribution in [-0.2, 0) is 12.2 Å². The van der Waals surface area contributed by atoms with Gasteiger partial charge in [-0.1, -0.05) is 49.3 Å². The van der Waals surface area contributed by atoms with Crippen molar-refractivity contribution in [3.8, 4) is 0 Å². The number of carbonyl (C=O) groups excluding carboxylic acids is 1. The Morgan fingerprint density at radius 3 is 2.74 bits per heavy atom. The second kappa shape index (κ2) is 6.52. The van der Waals surface area contributed by atoms with E-state index in [-0.39, 0.29) is 12.2 Å². The Labute approximate surface area is 116 Å². The van der Waals surface area contributed by atoms with Gasteiger partial charge in [0.15, 0.2) is 11.6 Å². The molecule has 19 heavy (non-hydrogen) atoms. The Kier molecular flexibility index (Phi) is 4.74. The molecule has 100 valence electrons. The molecule has 1 heterocycles. The summed E-state index contributed by atoms with van der Waals surface area (Å²) in [4.78, 5) is 16.2. The molecule has 0 atom stereocenters. The minimum absolute atomic E-state index is 0.00712. The number of hydrogen-bond acceptors (Lipinski definition) is 5. The van der Waals surface area contributed by atoms with E-state index in [1.165, 1.54) is 0 Å². The van der Waals surface area contributed by atoms with Gasteiger partial charge < -0.3 is 4.52 Å². The topological polar surface area (TPSA) is 56.0 Å². The van der Waals surface area contributed by atoms with Crippen LogP contribution in [0.2, 0.25) is 0 Å². The van der Waals surface area contributed by atoms with Gasteiger partial charge in [0, 0.05) is 5.56 Å². The summed E-state index contributed by atoms with van der Waals surface area (Å²) >= 11 is 1.74. The van der Waals surface area contributed by atoms with E-state index in [0.717, 1.165) is 0 Å². The highest BCUT2D eigenvalue weighted by atomic mass is 32.2. The number of ketones is 1. The fraction of sp³-hybridized carbons (Fsp3) is 0.357. The van der Waals surface area contributed by atoms with Gasteiger partial charge in [-0.2, -0.15) is 16.7 Å². The minimum Gasteiger partial charge on any atom is -0.339 e. The molecule has 0 amide bonds. The summed E-state index contributed by atoms with van der Waals surface area (Å²) in [5.74, 6) is 1.73. The molecule has 0 saturated carbocycles. The molecule has 0 aliphatic heterocycles. The normalized spacial score (nSPS) is 10.9. The summed E-state index contributed by atoms with van der Waals surface area (Å²) in [5, 5.41) is 4.40. The van der Waals surface area contributed by atoms with Crippen molar-refractivity contribution in [2.45, 2.75) is 31.3 Å². The first-order valence-electron chi connectivity index (χ1n) is 6.16. The van der Waals surface area contributed by atoms with Crippen molar-refractivity contribution in [2.24, 2.45) is 0 Å². The molecule has 0 spiro atoms. The molecule has 4 nitrogen and oxygen atoms in total. The van der Waals surface area contributed by atoms with E-state index in [2.05, 4.69) is 24.0 Å². The van der Waals surface area contributed by atoms with Crippen LogP contribution < -0.4 is 0 Å². The molecule has 0 radical (unpaired) electrons. The fourth-order valence-electron chi connectivity index (χ4n) is 1.53. The average molecular weight is 276 g/mol. The van der Waals surface area contributed by atoms with Crippen LogP contribution in [0.1, 0.15) is 35.9 Å². The van der Waals surface area contributed by atoms with Crippen molar-refractivity contribution in [3.63, 3.8) is 0 Å². The van der Waals surface area contributed by atoms with E-state index in [1.807, 2.05) is 18.2 Å². The second-order valence-corrected chi connectivity index (χ2v) is 5.99. The highest BCUT2D eigenvalue weighted by Crippen LogP contribution is 2.15. The van der Waals surface area contributed by atoms with Gasteiger partial charge in [-0.15, -0.1) is 0 Å². The molecule has 0 bridgehead atoms. The molecule has 0 unspecified atom stereocenters. The van der Waals surface area contributed by atoms with Gasteiger partial charge in [0.1, 0.15) is 0 Å². The third-order valence-electron chi connectivity index (χ3n) is 2.46. The zero-order chi connectivity index (χ0) is 13.7. The molecule has 0 saturated heterocycles. The number of benzene rings is 1. The van der Waals surface area contributed by atoms with Crippen molar-refractivity contribution < 1.29 is 9.32 Å². The molecule has 5 heteroatoms. The molecule has 1 aromatic heterocycles. The first kappa shape index (κ1) is 13.8. The summed E-state index contributed by atoms with van der Waals surface area (Å²) in [6.45, 7) is 4.23. The van der Waals surface area contributed by atoms with E-state index in [1.54, 1.807) is 23.9 Å². The maximum atomic E-state index is 12.0. The van der Waals surface area contributed by atoms with Crippen LogP contribution in [0.4, 0.5) is 0 Å². The van der Waals surface area contributed by atoms with Gasteiger partial charge >= 0.3 is 0 Å². The van der Waals surface area contributed by atoms with Gasteiger partial charge in [-0.3, -0.25) is 4.79 Å². The molecular formula is C14H16N2O2S. The number of thioether (sulfide) groups is 1. The van der Waals surface area contributed by atoms with E-state index in [4.69, 9.17) is 4.52 Å². The van der Waals surface area contributed by atoms with E-state index < -0.39 is 0 Å². The van der Waals surface area contributed by atoms with Crippen molar-refractivity contribution in [3.05, 3.63) is 47.6 Å². The number of Topliss-reactive ketones (excluding diaryl/α,β-unsaturated/α-hetero) is 1. The zero-order valence-corrected chi connectivity index (χ0v) is 11.8. The van der Waals surface area contributed by atoms with E-state index >= 15 is 0 Å². The molecule has 0 aliphatic rings. The Balaban J connectivity index is 1.95. The first-order valence-corrected chi connectivity index (χ1v) is 7.21. The molecule has 2 rings (SSSR count). The molecule has 2 aromatic rings. The highest BCUT2D eigenvalue weighted by Gasteiger charge is 2.13. The van der Waals surface area contributed by atoms with Crippen LogP contribution in [0.3, 0.4) is 0 Å². The fourth-order valence-corrected chi connectivity index (χ4v) is 2.12. The third-order valence-corrected chi connectivity index (χ3v) is 3.55. The summed E-state index contributed by atoms with van der Waals surface area (Å²) < 4.78 is 5.09. The van der Waals surface area contributed by atoms with E-state index in [9.17, 15) is 4.79 Å². The number of rotatable bonds is 6. The van der Waals surface area contributed by atoms with Gasteiger partial charge in [-0.25, -0.2) is 0 Å². The molecular weight excluding hydrogens is 260 g/mol. The number of aromatic nitrogens is 2. The largest absolute Gasteiger partial charge is 0.339 e. The number of hydrogen-bond donors (Lipinski definition) is 0. The quantitative estimate of drug-likeness (QED) is 0.759. The molecule has 1 aromatic carbocycles. The van der Waals surface area contributed by atoms with Crippen LogP contribution >= 0.6 is 11.8 Å². The van der Waals surface area contributed by atoms with Gasteiger partial charge in [0.2, 0.25) is 5.89 Å². The summed E-state index contributed by atoms with van der Waals surface area (Å²) in [6, 6.07) is 9.13. The molecule has 0 N–H and O–H groups in total. The Morgan fingerprint density at radius 1 is 1.32 bits per heavy atom. The van der Waals surface area contributed by atoms with Gasteiger partial charge in [0.25, 0.3) is 0 Å². The standard InChI is InChI=1S/C14H16N2O2S/c1-10(2)19-9-13-15-14(18-16-13)8-12(17)11-6-4-3-5-7-11/h3-7,10H,8-9H2,1-2H3. The Morgan fingerprint density at radius 2 is 2.05 bits per heavy atom. The maximum Gasteiger partial charge on any atom is 0.234 e. The summed E-state index contributed by atoms with van der Waals surface area (Å²) in [6.07, 6.45) is 0.156. The SMILES string of the molecule is CC(C)SCc1noc(CC(=O)c2ccccc2)n1. The zero-order valence-electron chi connectivity index (χ0n) is 11.0. The smallest absolute Gasteiger partial charge is 0.234 e.